The lowest BCUT2D eigenvalue weighted by Crippen LogP contribution is -2.38. The minimum atomic E-state index is -4.27. The molecule has 0 aliphatic carbocycles. The zero-order valence-electron chi connectivity index (χ0n) is 23.2. The smallest absolute Gasteiger partial charge is 0.264 e. The van der Waals surface area contributed by atoms with Crippen molar-refractivity contribution in [1.82, 2.24) is 0 Å². The molecule has 0 aliphatic rings. The van der Waals surface area contributed by atoms with E-state index in [0.29, 0.717) is 18.0 Å². The summed E-state index contributed by atoms with van der Waals surface area (Å²) >= 11 is 0. The summed E-state index contributed by atoms with van der Waals surface area (Å²) < 4.78 is 75.3. The van der Waals surface area contributed by atoms with Gasteiger partial charge in [-0.05, 0) is 111 Å². The van der Waals surface area contributed by atoms with E-state index in [1.54, 1.807) is 25.1 Å². The van der Waals surface area contributed by atoms with Crippen LogP contribution in [0.1, 0.15) is 18.1 Å². The van der Waals surface area contributed by atoms with Crippen molar-refractivity contribution in [3.8, 4) is 5.75 Å². The molecule has 0 radical (unpaired) electrons. The molecular weight excluding hydrogens is 581 g/mol. The summed E-state index contributed by atoms with van der Waals surface area (Å²) in [5, 5.41) is 2.61. The third-order valence-electron chi connectivity index (χ3n) is 6.21. The first-order valence-electron chi connectivity index (χ1n) is 12.9. The molecule has 0 aliphatic heterocycles. The van der Waals surface area contributed by atoms with E-state index in [-0.39, 0.29) is 21.2 Å². The average molecular weight is 612 g/mol. The van der Waals surface area contributed by atoms with E-state index in [1.807, 2.05) is 26.0 Å². The molecule has 0 aromatic heterocycles. The molecule has 1 amide bonds. The Balaban J connectivity index is 1.54. The first-order valence-corrected chi connectivity index (χ1v) is 15.8. The van der Waals surface area contributed by atoms with Crippen LogP contribution in [0.3, 0.4) is 0 Å². The Kier molecular flexibility index (Phi) is 9.17. The topological polar surface area (TPSA) is 122 Å². The van der Waals surface area contributed by atoms with E-state index in [9.17, 15) is 26.0 Å². The maximum atomic E-state index is 13.5. The Bertz CT molecular complexity index is 1780. The maximum absolute atomic E-state index is 13.5. The molecule has 220 valence electrons. The predicted molar refractivity (Wildman–Crippen MR) is 160 cm³/mol. The second kappa shape index (κ2) is 12.6. The Morgan fingerprint density at radius 2 is 1.45 bits per heavy atom. The Morgan fingerprint density at radius 1 is 0.833 bits per heavy atom. The van der Waals surface area contributed by atoms with Gasteiger partial charge in [0.05, 0.1) is 27.8 Å². The van der Waals surface area contributed by atoms with E-state index in [0.717, 1.165) is 39.7 Å². The Morgan fingerprint density at radius 3 is 2.07 bits per heavy atom. The molecule has 0 heterocycles. The SMILES string of the molecule is CCOc1ccc(N(CC(=O)Nc2ccc(S(=O)(=O)Nc3cc(C)ccc3C)cc2)S(=O)(=O)c2ccc(F)cc2)cc1. The van der Waals surface area contributed by atoms with E-state index < -0.39 is 38.3 Å². The normalized spacial score (nSPS) is 11.5. The number of nitrogens with zero attached hydrogens (tertiary/aromatic N) is 1. The fourth-order valence-electron chi connectivity index (χ4n) is 4.02. The molecule has 9 nitrogen and oxygen atoms in total. The maximum Gasteiger partial charge on any atom is 0.264 e. The summed E-state index contributed by atoms with van der Waals surface area (Å²) in [6, 6.07) is 21.4. The zero-order chi connectivity index (χ0) is 30.5. The van der Waals surface area contributed by atoms with Crippen LogP contribution in [-0.2, 0) is 24.8 Å². The first kappa shape index (κ1) is 30.5. The van der Waals surface area contributed by atoms with Gasteiger partial charge >= 0.3 is 0 Å². The fourth-order valence-corrected chi connectivity index (χ4v) is 6.56. The number of carbonyl (C=O) groups is 1. The number of amides is 1. The van der Waals surface area contributed by atoms with Gasteiger partial charge in [0.25, 0.3) is 20.0 Å². The van der Waals surface area contributed by atoms with Crippen LogP contribution >= 0.6 is 0 Å². The molecule has 0 fully saturated rings. The van der Waals surface area contributed by atoms with Crippen molar-refractivity contribution in [1.29, 1.82) is 0 Å². The highest BCUT2D eigenvalue weighted by Crippen LogP contribution is 2.27. The number of sulfonamides is 2. The number of rotatable bonds is 11. The summed E-state index contributed by atoms with van der Waals surface area (Å²) in [4.78, 5) is 12.8. The summed E-state index contributed by atoms with van der Waals surface area (Å²) in [6.07, 6.45) is 0. The van der Waals surface area contributed by atoms with Gasteiger partial charge in [0, 0.05) is 5.69 Å². The zero-order valence-corrected chi connectivity index (χ0v) is 24.8. The molecule has 12 heteroatoms. The lowest BCUT2D eigenvalue weighted by Gasteiger charge is -2.24. The second-order valence-electron chi connectivity index (χ2n) is 9.39. The number of benzene rings is 4. The second-order valence-corrected chi connectivity index (χ2v) is 12.9. The molecule has 0 unspecified atom stereocenters. The molecular formula is C30H30FN3O6S2. The first-order chi connectivity index (χ1) is 19.9. The lowest BCUT2D eigenvalue weighted by molar-refractivity contribution is -0.114. The van der Waals surface area contributed by atoms with Gasteiger partial charge in [0.15, 0.2) is 0 Å². The van der Waals surface area contributed by atoms with Crippen LogP contribution in [-0.4, -0.2) is 35.9 Å². The van der Waals surface area contributed by atoms with Crippen LogP contribution < -0.4 is 19.1 Å². The lowest BCUT2D eigenvalue weighted by atomic mass is 10.1. The van der Waals surface area contributed by atoms with Crippen molar-refractivity contribution in [3.63, 3.8) is 0 Å². The number of anilines is 3. The largest absolute Gasteiger partial charge is 0.494 e. The van der Waals surface area contributed by atoms with Gasteiger partial charge in [-0.3, -0.25) is 13.8 Å². The van der Waals surface area contributed by atoms with Crippen LogP contribution in [0.5, 0.6) is 5.75 Å². The third-order valence-corrected chi connectivity index (χ3v) is 9.38. The Labute approximate surface area is 245 Å². The van der Waals surface area contributed by atoms with Crippen molar-refractivity contribution >= 4 is 43.0 Å². The van der Waals surface area contributed by atoms with Gasteiger partial charge in [-0.25, -0.2) is 21.2 Å². The van der Waals surface area contributed by atoms with Gasteiger partial charge in [0.1, 0.15) is 18.1 Å². The van der Waals surface area contributed by atoms with Crippen molar-refractivity contribution in [2.24, 2.45) is 0 Å². The molecule has 0 saturated heterocycles. The van der Waals surface area contributed by atoms with Crippen molar-refractivity contribution in [2.75, 3.05) is 27.5 Å². The summed E-state index contributed by atoms with van der Waals surface area (Å²) in [6.45, 7) is 5.27. The molecule has 4 aromatic carbocycles. The molecule has 4 rings (SSSR count). The van der Waals surface area contributed by atoms with Crippen LogP contribution in [0.25, 0.3) is 0 Å². The predicted octanol–water partition coefficient (Wildman–Crippen LogP) is 5.48. The van der Waals surface area contributed by atoms with Gasteiger partial charge in [-0.1, -0.05) is 12.1 Å². The minimum Gasteiger partial charge on any atom is -0.494 e. The van der Waals surface area contributed by atoms with Gasteiger partial charge in [-0.2, -0.15) is 0 Å². The average Bonchev–Trinajstić information content (AvgIpc) is 2.95. The molecule has 0 saturated carbocycles. The van der Waals surface area contributed by atoms with Gasteiger partial charge in [0.2, 0.25) is 5.91 Å². The third kappa shape index (κ3) is 7.25. The quantitative estimate of drug-likeness (QED) is 0.232. The van der Waals surface area contributed by atoms with Crippen LogP contribution in [0.4, 0.5) is 21.5 Å². The molecule has 0 spiro atoms. The number of ether oxygens (including phenoxy) is 1. The summed E-state index contributed by atoms with van der Waals surface area (Å²) in [5.41, 5.74) is 2.58. The number of nitrogens with one attached hydrogen (secondary N) is 2. The highest BCUT2D eigenvalue weighted by Gasteiger charge is 2.27. The monoisotopic (exact) mass is 611 g/mol. The van der Waals surface area contributed by atoms with Crippen LogP contribution in [0.2, 0.25) is 0 Å². The van der Waals surface area contributed by atoms with E-state index in [2.05, 4.69) is 10.0 Å². The summed E-state index contributed by atoms with van der Waals surface area (Å²) in [5.74, 6) is -0.764. The van der Waals surface area contributed by atoms with E-state index in [4.69, 9.17) is 4.74 Å². The van der Waals surface area contributed by atoms with Gasteiger partial charge in [-0.15, -0.1) is 0 Å². The minimum absolute atomic E-state index is 0.0173. The van der Waals surface area contributed by atoms with E-state index >= 15 is 0 Å². The number of hydrogen-bond donors (Lipinski definition) is 2. The standard InChI is InChI=1S/C30H30FN3O6S2/c1-4-40-26-13-11-25(12-14-26)34(42(38,39)28-15-7-23(31)8-16-28)20-30(35)32-24-9-17-27(18-10-24)41(36,37)33-29-19-21(2)5-6-22(29)3/h5-19,33H,4,20H2,1-3H3,(H,32,35). The van der Waals surface area contributed by atoms with E-state index in [1.165, 1.54) is 36.4 Å². The highest BCUT2D eigenvalue weighted by atomic mass is 32.2. The fraction of sp³-hybridized carbons (Fsp3) is 0.167. The van der Waals surface area contributed by atoms with Crippen LogP contribution in [0, 0.1) is 19.7 Å². The van der Waals surface area contributed by atoms with Crippen molar-refractivity contribution in [3.05, 3.63) is 108 Å². The van der Waals surface area contributed by atoms with Crippen molar-refractivity contribution < 1.29 is 30.8 Å². The Hall–Kier alpha value is -4.42. The van der Waals surface area contributed by atoms with Gasteiger partial charge < -0.3 is 10.1 Å². The summed E-state index contributed by atoms with van der Waals surface area (Å²) in [7, 11) is -8.17. The highest BCUT2D eigenvalue weighted by molar-refractivity contribution is 7.93. The van der Waals surface area contributed by atoms with Crippen molar-refractivity contribution in [2.45, 2.75) is 30.6 Å². The molecule has 42 heavy (non-hydrogen) atoms. The molecule has 2 N–H and O–H groups in total. The molecule has 0 atom stereocenters. The molecule has 4 aromatic rings. The molecule has 0 bridgehead atoms. The number of carbonyl (C=O) groups excluding carboxylic acids is 1. The number of aryl methyl sites for hydroxylation is 2. The number of halogens is 1. The number of hydrogen-bond acceptors (Lipinski definition) is 6. The van der Waals surface area contributed by atoms with Crippen LogP contribution in [0.15, 0.2) is 101 Å².